The predicted octanol–water partition coefficient (Wildman–Crippen LogP) is 4.29. The van der Waals surface area contributed by atoms with E-state index in [2.05, 4.69) is 4.98 Å². The minimum atomic E-state index is 0.286. The number of rotatable bonds is 1. The van der Waals surface area contributed by atoms with Crippen molar-refractivity contribution in [2.75, 3.05) is 5.73 Å². The van der Waals surface area contributed by atoms with Crippen molar-refractivity contribution in [3.05, 3.63) is 45.7 Å². The largest absolute Gasteiger partial charge is 0.396 e. The lowest BCUT2D eigenvalue weighted by Crippen LogP contribution is -1.90. The number of pyridine rings is 1. The molecule has 0 bridgehead atoms. The molecule has 16 heavy (non-hydrogen) atoms. The Bertz CT molecular complexity index is 541. The molecule has 0 radical (unpaired) electrons. The zero-order chi connectivity index (χ0) is 11.7. The standard InChI is InChI=1S/C11H7Cl3N2/c12-7-1-2-8(9(13)4-7)6-3-10(15)11(14)16-5-6/h1-5H,15H2. The van der Waals surface area contributed by atoms with Crippen LogP contribution in [-0.2, 0) is 0 Å². The molecule has 1 aromatic carbocycles. The Morgan fingerprint density at radius 1 is 1.06 bits per heavy atom. The zero-order valence-electron chi connectivity index (χ0n) is 8.05. The summed E-state index contributed by atoms with van der Waals surface area (Å²) in [5, 5.41) is 1.42. The Morgan fingerprint density at radius 2 is 1.81 bits per heavy atom. The van der Waals surface area contributed by atoms with E-state index in [0.29, 0.717) is 15.7 Å². The number of aromatic nitrogens is 1. The number of hydrogen-bond acceptors (Lipinski definition) is 2. The fourth-order valence-electron chi connectivity index (χ4n) is 1.34. The Balaban J connectivity index is 2.54. The van der Waals surface area contributed by atoms with Gasteiger partial charge in [-0.15, -0.1) is 0 Å². The first kappa shape index (κ1) is 11.5. The van der Waals surface area contributed by atoms with Gasteiger partial charge >= 0.3 is 0 Å². The van der Waals surface area contributed by atoms with E-state index in [4.69, 9.17) is 40.5 Å². The number of nitrogens with zero attached hydrogens (tertiary/aromatic N) is 1. The Morgan fingerprint density at radius 3 is 2.44 bits per heavy atom. The molecule has 82 valence electrons. The molecule has 1 heterocycles. The van der Waals surface area contributed by atoms with Gasteiger partial charge in [0.1, 0.15) is 0 Å². The molecule has 0 atom stereocenters. The van der Waals surface area contributed by atoms with Gasteiger partial charge in [0.25, 0.3) is 0 Å². The maximum absolute atomic E-state index is 6.07. The molecule has 0 aliphatic heterocycles. The summed E-state index contributed by atoms with van der Waals surface area (Å²) in [6.07, 6.45) is 1.62. The van der Waals surface area contributed by atoms with Crippen molar-refractivity contribution in [1.29, 1.82) is 0 Å². The van der Waals surface area contributed by atoms with Crippen LogP contribution < -0.4 is 5.73 Å². The lowest BCUT2D eigenvalue weighted by Gasteiger charge is -2.06. The normalized spacial score (nSPS) is 10.4. The summed E-state index contributed by atoms with van der Waals surface area (Å²) in [7, 11) is 0. The highest BCUT2D eigenvalue weighted by molar-refractivity contribution is 6.36. The first-order valence-electron chi connectivity index (χ1n) is 4.44. The van der Waals surface area contributed by atoms with E-state index >= 15 is 0 Å². The van der Waals surface area contributed by atoms with Crippen LogP contribution in [0, 0.1) is 0 Å². The first-order valence-corrected chi connectivity index (χ1v) is 5.58. The molecule has 1 aromatic heterocycles. The van der Waals surface area contributed by atoms with Crippen LogP contribution in [0.1, 0.15) is 0 Å². The number of benzene rings is 1. The van der Waals surface area contributed by atoms with Gasteiger partial charge < -0.3 is 5.73 Å². The summed E-state index contributed by atoms with van der Waals surface area (Å²) in [6.45, 7) is 0. The SMILES string of the molecule is Nc1cc(-c2ccc(Cl)cc2Cl)cnc1Cl. The lowest BCUT2D eigenvalue weighted by atomic mass is 10.1. The predicted molar refractivity (Wildman–Crippen MR) is 69.1 cm³/mol. The van der Waals surface area contributed by atoms with Gasteiger partial charge in [0, 0.05) is 27.4 Å². The average molecular weight is 274 g/mol. The smallest absolute Gasteiger partial charge is 0.151 e. The maximum atomic E-state index is 6.07. The van der Waals surface area contributed by atoms with Gasteiger partial charge in [-0.05, 0) is 18.2 Å². The van der Waals surface area contributed by atoms with Crippen LogP contribution in [0.5, 0.6) is 0 Å². The summed E-state index contributed by atoms with van der Waals surface area (Å²) in [4.78, 5) is 3.97. The van der Waals surface area contributed by atoms with E-state index in [9.17, 15) is 0 Å². The highest BCUT2D eigenvalue weighted by atomic mass is 35.5. The van der Waals surface area contributed by atoms with Crippen molar-refractivity contribution >= 4 is 40.5 Å². The summed E-state index contributed by atoms with van der Waals surface area (Å²) in [6, 6.07) is 6.97. The molecule has 2 N–H and O–H groups in total. The minimum Gasteiger partial charge on any atom is -0.396 e. The Kier molecular flexibility index (Phi) is 3.24. The first-order chi connectivity index (χ1) is 7.58. The molecular weight excluding hydrogens is 266 g/mol. The molecule has 0 aliphatic rings. The number of halogens is 3. The molecule has 0 saturated carbocycles. The second-order valence-corrected chi connectivity index (χ2v) is 4.43. The van der Waals surface area contributed by atoms with Crippen LogP contribution >= 0.6 is 34.8 Å². The van der Waals surface area contributed by atoms with Crippen molar-refractivity contribution in [3.8, 4) is 11.1 Å². The van der Waals surface area contributed by atoms with Gasteiger partial charge in [-0.1, -0.05) is 40.9 Å². The molecule has 0 fully saturated rings. The molecule has 0 aliphatic carbocycles. The fourth-order valence-corrected chi connectivity index (χ4v) is 1.96. The molecule has 0 saturated heterocycles. The van der Waals surface area contributed by atoms with Crippen molar-refractivity contribution < 1.29 is 0 Å². The third kappa shape index (κ3) is 2.24. The number of anilines is 1. The summed E-state index contributed by atoms with van der Waals surface area (Å²) < 4.78 is 0. The van der Waals surface area contributed by atoms with Crippen LogP contribution in [0.2, 0.25) is 15.2 Å². The Labute approximate surface area is 108 Å². The van der Waals surface area contributed by atoms with Gasteiger partial charge in [0.2, 0.25) is 0 Å². The second kappa shape index (κ2) is 4.50. The average Bonchev–Trinajstić information content (AvgIpc) is 2.22. The monoisotopic (exact) mass is 272 g/mol. The molecule has 0 spiro atoms. The fraction of sp³-hybridized carbons (Fsp3) is 0. The van der Waals surface area contributed by atoms with Crippen molar-refractivity contribution in [1.82, 2.24) is 4.98 Å². The third-order valence-electron chi connectivity index (χ3n) is 2.11. The summed E-state index contributed by atoms with van der Waals surface area (Å²) >= 11 is 17.6. The summed E-state index contributed by atoms with van der Waals surface area (Å²) in [5.74, 6) is 0. The second-order valence-electron chi connectivity index (χ2n) is 3.23. The van der Waals surface area contributed by atoms with E-state index in [-0.39, 0.29) is 5.15 Å². The van der Waals surface area contributed by atoms with Gasteiger partial charge in [-0.25, -0.2) is 4.98 Å². The minimum absolute atomic E-state index is 0.286. The van der Waals surface area contributed by atoms with E-state index < -0.39 is 0 Å². The highest BCUT2D eigenvalue weighted by Crippen LogP contribution is 2.31. The van der Waals surface area contributed by atoms with E-state index in [1.165, 1.54) is 0 Å². The number of nitrogens with two attached hydrogens (primary N) is 1. The quantitative estimate of drug-likeness (QED) is 0.787. The molecule has 0 amide bonds. The van der Waals surface area contributed by atoms with Crippen molar-refractivity contribution in [3.63, 3.8) is 0 Å². The zero-order valence-corrected chi connectivity index (χ0v) is 10.3. The van der Waals surface area contributed by atoms with Crippen LogP contribution in [0.15, 0.2) is 30.5 Å². The molecule has 5 heteroatoms. The number of nitrogen functional groups attached to an aromatic ring is 1. The highest BCUT2D eigenvalue weighted by Gasteiger charge is 2.06. The molecule has 2 rings (SSSR count). The van der Waals surface area contributed by atoms with Crippen molar-refractivity contribution in [2.24, 2.45) is 0 Å². The van der Waals surface area contributed by atoms with Gasteiger partial charge in [-0.2, -0.15) is 0 Å². The van der Waals surface area contributed by atoms with Crippen molar-refractivity contribution in [2.45, 2.75) is 0 Å². The molecule has 2 aromatic rings. The number of hydrogen-bond donors (Lipinski definition) is 1. The Hall–Kier alpha value is -0.960. The molecular formula is C11H7Cl3N2. The van der Waals surface area contributed by atoms with Gasteiger partial charge in [-0.3, -0.25) is 0 Å². The van der Waals surface area contributed by atoms with Gasteiger partial charge in [0.05, 0.1) is 5.69 Å². The van der Waals surface area contributed by atoms with Crippen LogP contribution in [0.4, 0.5) is 5.69 Å². The van der Waals surface area contributed by atoms with E-state index in [1.54, 1.807) is 24.4 Å². The van der Waals surface area contributed by atoms with Crippen LogP contribution in [0.3, 0.4) is 0 Å². The van der Waals surface area contributed by atoms with Crippen LogP contribution in [-0.4, -0.2) is 4.98 Å². The molecule has 0 unspecified atom stereocenters. The van der Waals surface area contributed by atoms with E-state index in [1.807, 2.05) is 6.07 Å². The summed E-state index contributed by atoms with van der Waals surface area (Å²) in [5.41, 5.74) is 7.73. The van der Waals surface area contributed by atoms with Gasteiger partial charge in [0.15, 0.2) is 5.15 Å². The maximum Gasteiger partial charge on any atom is 0.151 e. The third-order valence-corrected chi connectivity index (χ3v) is 2.97. The molecule has 2 nitrogen and oxygen atoms in total. The van der Waals surface area contributed by atoms with Crippen LogP contribution in [0.25, 0.3) is 11.1 Å². The topological polar surface area (TPSA) is 38.9 Å². The van der Waals surface area contributed by atoms with E-state index in [0.717, 1.165) is 11.1 Å². The lowest BCUT2D eigenvalue weighted by molar-refractivity contribution is 1.33.